The quantitative estimate of drug-likeness (QED) is 0.406. The molecule has 2 fully saturated rings. The third kappa shape index (κ3) is 4.72. The van der Waals surface area contributed by atoms with Gasteiger partial charge in [0.2, 0.25) is 0 Å². The van der Waals surface area contributed by atoms with Gasteiger partial charge in [-0.2, -0.15) is 0 Å². The minimum absolute atomic E-state index is 0. The molecule has 0 spiro atoms. The molecule has 22 heavy (non-hydrogen) atoms. The number of guanidine groups is 1. The number of hydrogen-bond acceptors (Lipinski definition) is 3. The van der Waals surface area contributed by atoms with E-state index in [4.69, 9.17) is 16.3 Å². The van der Waals surface area contributed by atoms with Gasteiger partial charge in [0.25, 0.3) is 0 Å². The van der Waals surface area contributed by atoms with Crippen LogP contribution in [0.1, 0.15) is 31.1 Å². The highest BCUT2D eigenvalue weighted by Crippen LogP contribution is 2.34. The number of hydrogen-bond donors (Lipinski definition) is 2. The van der Waals surface area contributed by atoms with Crippen LogP contribution in [0.4, 0.5) is 0 Å². The van der Waals surface area contributed by atoms with E-state index in [2.05, 4.69) is 28.6 Å². The van der Waals surface area contributed by atoms with Crippen molar-refractivity contribution in [2.45, 2.75) is 50.9 Å². The zero-order chi connectivity index (χ0) is 14.7. The lowest BCUT2D eigenvalue weighted by atomic mass is 9.96. The second-order valence-corrected chi connectivity index (χ2v) is 7.38. The maximum Gasteiger partial charge on any atom is 0.191 e. The Balaban J connectivity index is 0.00000176. The first-order valence-electron chi connectivity index (χ1n) is 7.69. The minimum Gasteiger partial charge on any atom is -0.373 e. The number of halogens is 2. The highest BCUT2D eigenvalue weighted by atomic mass is 127. The molecule has 0 aromatic carbocycles. The summed E-state index contributed by atoms with van der Waals surface area (Å²) in [7, 11) is 0. The molecule has 2 saturated heterocycles. The maximum absolute atomic E-state index is 5.95. The summed E-state index contributed by atoms with van der Waals surface area (Å²) in [5.74, 6) is 0.904. The topological polar surface area (TPSA) is 45.7 Å². The number of ether oxygens (including phenoxy) is 1. The van der Waals surface area contributed by atoms with E-state index in [0.717, 1.165) is 36.2 Å². The van der Waals surface area contributed by atoms with E-state index in [1.807, 2.05) is 6.07 Å². The van der Waals surface area contributed by atoms with Crippen LogP contribution in [0.2, 0.25) is 4.34 Å². The van der Waals surface area contributed by atoms with Gasteiger partial charge in [-0.15, -0.1) is 35.3 Å². The first-order chi connectivity index (χ1) is 10.2. The Morgan fingerprint density at radius 1 is 1.45 bits per heavy atom. The average molecular weight is 456 g/mol. The standard InChI is InChI=1S/C15H22ClN3OS.HI/c1-2-17-15(18-8-7-11-4-6-14(16)21-11)19-12-9-10-3-5-13(12)20-10;/h4,6,10,12-13H,2-3,5,7-9H2,1H3,(H2,17,18,19);1H. The Morgan fingerprint density at radius 2 is 2.32 bits per heavy atom. The summed E-state index contributed by atoms with van der Waals surface area (Å²) in [6.45, 7) is 3.74. The molecule has 2 N–H and O–H groups in total. The SMILES string of the molecule is CCNC(=NCCc1ccc(Cl)s1)NC1CC2CCC1O2.I. The fourth-order valence-corrected chi connectivity index (χ4v) is 4.13. The van der Waals surface area contributed by atoms with Crippen molar-refractivity contribution < 1.29 is 4.74 Å². The van der Waals surface area contributed by atoms with Crippen LogP contribution in [0.25, 0.3) is 0 Å². The monoisotopic (exact) mass is 455 g/mol. The lowest BCUT2D eigenvalue weighted by Gasteiger charge is -2.22. The van der Waals surface area contributed by atoms with Crippen LogP contribution in [0.15, 0.2) is 17.1 Å². The van der Waals surface area contributed by atoms with Gasteiger partial charge < -0.3 is 15.4 Å². The van der Waals surface area contributed by atoms with Gasteiger partial charge in [-0.25, -0.2) is 0 Å². The number of aliphatic imine (C=N–C) groups is 1. The molecule has 1 aromatic rings. The second kappa shape index (κ2) is 8.70. The van der Waals surface area contributed by atoms with Crippen LogP contribution >= 0.6 is 46.9 Å². The van der Waals surface area contributed by atoms with Gasteiger partial charge in [0.05, 0.1) is 22.6 Å². The summed E-state index contributed by atoms with van der Waals surface area (Å²) in [5.41, 5.74) is 0. The van der Waals surface area contributed by atoms with Crippen molar-refractivity contribution >= 4 is 52.9 Å². The van der Waals surface area contributed by atoms with E-state index in [0.29, 0.717) is 18.2 Å². The molecule has 2 aliphatic heterocycles. The van der Waals surface area contributed by atoms with E-state index < -0.39 is 0 Å². The number of nitrogens with zero attached hydrogens (tertiary/aromatic N) is 1. The molecule has 3 heterocycles. The van der Waals surface area contributed by atoms with Crippen molar-refractivity contribution in [3.8, 4) is 0 Å². The Bertz CT molecular complexity index is 511. The molecule has 2 bridgehead atoms. The number of thiophene rings is 1. The van der Waals surface area contributed by atoms with E-state index in [-0.39, 0.29) is 24.0 Å². The van der Waals surface area contributed by atoms with Gasteiger partial charge in [-0.3, -0.25) is 4.99 Å². The minimum atomic E-state index is 0. The maximum atomic E-state index is 5.95. The van der Waals surface area contributed by atoms with Gasteiger partial charge in [0.1, 0.15) is 0 Å². The molecule has 3 rings (SSSR count). The van der Waals surface area contributed by atoms with Gasteiger partial charge in [0.15, 0.2) is 5.96 Å². The Morgan fingerprint density at radius 3 is 2.91 bits per heavy atom. The normalized spacial score (nSPS) is 26.8. The summed E-state index contributed by atoms with van der Waals surface area (Å²) in [4.78, 5) is 5.95. The molecule has 0 amide bonds. The van der Waals surface area contributed by atoms with E-state index >= 15 is 0 Å². The van der Waals surface area contributed by atoms with Gasteiger partial charge in [-0.05, 0) is 38.3 Å². The zero-order valence-electron chi connectivity index (χ0n) is 12.7. The number of fused-ring (bicyclic) bond motifs is 2. The molecule has 0 radical (unpaired) electrons. The highest BCUT2D eigenvalue weighted by Gasteiger charge is 2.41. The third-order valence-corrected chi connectivity index (χ3v) is 5.32. The summed E-state index contributed by atoms with van der Waals surface area (Å²) in [6, 6.07) is 4.44. The van der Waals surface area contributed by atoms with Crippen LogP contribution in [0.3, 0.4) is 0 Å². The van der Waals surface area contributed by atoms with E-state index in [1.165, 1.54) is 17.7 Å². The van der Waals surface area contributed by atoms with Crippen LogP contribution in [-0.2, 0) is 11.2 Å². The van der Waals surface area contributed by atoms with Crippen molar-refractivity contribution in [2.24, 2.45) is 4.99 Å². The van der Waals surface area contributed by atoms with Crippen LogP contribution < -0.4 is 10.6 Å². The van der Waals surface area contributed by atoms with Gasteiger partial charge in [-0.1, -0.05) is 11.6 Å². The van der Waals surface area contributed by atoms with Gasteiger partial charge in [0, 0.05) is 24.4 Å². The fourth-order valence-electron chi connectivity index (χ4n) is 3.05. The largest absolute Gasteiger partial charge is 0.373 e. The van der Waals surface area contributed by atoms with Crippen LogP contribution in [0, 0.1) is 0 Å². The van der Waals surface area contributed by atoms with Gasteiger partial charge >= 0.3 is 0 Å². The molecule has 7 heteroatoms. The predicted molar refractivity (Wildman–Crippen MR) is 104 cm³/mol. The Kier molecular flexibility index (Phi) is 7.24. The summed E-state index contributed by atoms with van der Waals surface area (Å²) < 4.78 is 6.73. The molecule has 0 aliphatic carbocycles. The molecule has 3 atom stereocenters. The third-order valence-electron chi connectivity index (χ3n) is 4.03. The summed E-state index contributed by atoms with van der Waals surface area (Å²) in [5, 5.41) is 6.85. The smallest absolute Gasteiger partial charge is 0.191 e. The molecule has 2 aliphatic rings. The van der Waals surface area contributed by atoms with Crippen LogP contribution in [-0.4, -0.2) is 37.3 Å². The average Bonchev–Trinajstić information content (AvgIpc) is 3.16. The van der Waals surface area contributed by atoms with Crippen molar-refractivity contribution in [1.29, 1.82) is 0 Å². The van der Waals surface area contributed by atoms with Crippen molar-refractivity contribution in [3.05, 3.63) is 21.3 Å². The van der Waals surface area contributed by atoms with Crippen LogP contribution in [0.5, 0.6) is 0 Å². The second-order valence-electron chi connectivity index (χ2n) is 5.58. The van der Waals surface area contributed by atoms with Crippen molar-refractivity contribution in [3.63, 3.8) is 0 Å². The molecule has 1 aromatic heterocycles. The summed E-state index contributed by atoms with van der Waals surface area (Å²) >= 11 is 7.58. The predicted octanol–water partition coefficient (Wildman–Crippen LogP) is 3.44. The Hall–Kier alpha value is -0.0500. The van der Waals surface area contributed by atoms with E-state index in [9.17, 15) is 0 Å². The first-order valence-corrected chi connectivity index (χ1v) is 8.88. The lowest BCUT2D eigenvalue weighted by Crippen LogP contribution is -2.47. The molecule has 0 saturated carbocycles. The molecule has 3 unspecified atom stereocenters. The zero-order valence-corrected chi connectivity index (χ0v) is 16.6. The number of rotatable bonds is 5. The first kappa shape index (κ1) is 18.3. The van der Waals surface area contributed by atoms with Crippen molar-refractivity contribution in [1.82, 2.24) is 10.6 Å². The van der Waals surface area contributed by atoms with E-state index in [1.54, 1.807) is 11.3 Å². The number of nitrogens with one attached hydrogen (secondary N) is 2. The summed E-state index contributed by atoms with van der Waals surface area (Å²) in [6.07, 6.45) is 5.26. The highest BCUT2D eigenvalue weighted by molar-refractivity contribution is 14.0. The molecular weight excluding hydrogens is 433 g/mol. The Labute approximate surface area is 158 Å². The molecular formula is C15H23ClIN3OS. The fraction of sp³-hybridized carbons (Fsp3) is 0.667. The molecule has 124 valence electrons. The molecule has 4 nitrogen and oxygen atoms in total. The lowest BCUT2D eigenvalue weighted by molar-refractivity contribution is 0.0992. The van der Waals surface area contributed by atoms with Crippen molar-refractivity contribution in [2.75, 3.05) is 13.1 Å².